The number of aliphatic hydroxyl groups is 1. The van der Waals surface area contributed by atoms with E-state index in [1.165, 1.54) is 5.06 Å². The van der Waals surface area contributed by atoms with Crippen LogP contribution >= 0.6 is 0 Å². The summed E-state index contributed by atoms with van der Waals surface area (Å²) in [5.41, 5.74) is 2.63. The Labute approximate surface area is 147 Å². The number of nitrogens with one attached hydrogen (secondary N) is 2. The van der Waals surface area contributed by atoms with Gasteiger partial charge in [-0.15, -0.1) is 0 Å². The van der Waals surface area contributed by atoms with Crippen LogP contribution in [0.25, 0.3) is 0 Å². The minimum atomic E-state index is -0.758. The van der Waals surface area contributed by atoms with Crippen molar-refractivity contribution in [3.63, 3.8) is 0 Å². The lowest BCUT2D eigenvalue weighted by molar-refractivity contribution is -0.241. The van der Waals surface area contributed by atoms with E-state index < -0.39 is 23.7 Å². The Kier molecular flexibility index (Phi) is 6.35. The summed E-state index contributed by atoms with van der Waals surface area (Å²) in [5, 5.41) is 13.0. The molecule has 8 nitrogen and oxygen atoms in total. The fraction of sp³-hybridized carbons (Fsp3) is 0.529. The van der Waals surface area contributed by atoms with E-state index in [0.717, 1.165) is 5.56 Å². The van der Waals surface area contributed by atoms with Crippen molar-refractivity contribution in [1.29, 1.82) is 0 Å². The highest BCUT2D eigenvalue weighted by Crippen LogP contribution is 2.24. The Morgan fingerprint density at radius 3 is 2.56 bits per heavy atom. The molecule has 0 bridgehead atoms. The van der Waals surface area contributed by atoms with Gasteiger partial charge in [0, 0.05) is 6.61 Å². The number of aliphatic hydroxyl groups excluding tert-OH is 1. The van der Waals surface area contributed by atoms with E-state index >= 15 is 0 Å². The van der Waals surface area contributed by atoms with Crippen molar-refractivity contribution in [2.75, 3.05) is 6.61 Å². The standard InChI is InChI=1S/C17H25N3O5/c1-17(2,3)25-19-16(23)18-14-13(9-10-21)20(15(14)22)24-11-12-7-5-4-6-8-12/h4-8,13-14,21H,9-11H2,1-3H3,(H2,18,19,23). The third kappa shape index (κ3) is 5.42. The minimum absolute atomic E-state index is 0.124. The van der Waals surface area contributed by atoms with E-state index in [1.807, 2.05) is 30.3 Å². The molecule has 2 atom stereocenters. The van der Waals surface area contributed by atoms with E-state index in [-0.39, 0.29) is 19.1 Å². The number of rotatable bonds is 7. The van der Waals surface area contributed by atoms with Gasteiger partial charge in [0.2, 0.25) is 0 Å². The van der Waals surface area contributed by atoms with Crippen LogP contribution in [0, 0.1) is 0 Å². The van der Waals surface area contributed by atoms with E-state index in [4.69, 9.17) is 9.68 Å². The van der Waals surface area contributed by atoms with Crippen LogP contribution < -0.4 is 10.8 Å². The van der Waals surface area contributed by atoms with Crippen LogP contribution in [0.4, 0.5) is 4.79 Å². The van der Waals surface area contributed by atoms with Gasteiger partial charge in [0.15, 0.2) is 0 Å². The smallest absolute Gasteiger partial charge is 0.339 e. The molecule has 1 fully saturated rings. The molecule has 1 heterocycles. The maximum absolute atomic E-state index is 12.2. The predicted octanol–water partition coefficient (Wildman–Crippen LogP) is 1.11. The summed E-state index contributed by atoms with van der Waals surface area (Å²) in [5.74, 6) is -0.361. The summed E-state index contributed by atoms with van der Waals surface area (Å²) in [6, 6.07) is 7.63. The van der Waals surface area contributed by atoms with Gasteiger partial charge in [-0.2, -0.15) is 0 Å². The summed E-state index contributed by atoms with van der Waals surface area (Å²) in [6.07, 6.45) is 0.297. The number of urea groups is 1. The molecule has 0 aromatic heterocycles. The number of carbonyl (C=O) groups excluding carboxylic acids is 2. The first-order valence-electron chi connectivity index (χ1n) is 8.17. The first-order chi connectivity index (χ1) is 11.8. The lowest BCUT2D eigenvalue weighted by atomic mass is 9.95. The molecule has 1 aromatic rings. The highest BCUT2D eigenvalue weighted by molar-refractivity contribution is 5.92. The van der Waals surface area contributed by atoms with Crippen LogP contribution in [-0.2, 0) is 21.1 Å². The largest absolute Gasteiger partial charge is 0.396 e. The molecular formula is C17H25N3O5. The number of carbonyl (C=O) groups is 2. The number of hydrogen-bond acceptors (Lipinski definition) is 5. The Hall–Kier alpha value is -2.16. The molecule has 2 rings (SSSR count). The normalized spacial score (nSPS) is 20.2. The number of amides is 3. The second kappa shape index (κ2) is 8.28. The SMILES string of the molecule is CC(C)(C)ONC(=O)NC1C(=O)N(OCc2ccccc2)C1CCO. The molecule has 0 saturated carbocycles. The van der Waals surface area contributed by atoms with Crippen LogP contribution in [0.3, 0.4) is 0 Å². The van der Waals surface area contributed by atoms with Gasteiger partial charge in [-0.25, -0.2) is 15.3 Å². The molecule has 1 aliphatic rings. The Morgan fingerprint density at radius 2 is 1.96 bits per heavy atom. The summed E-state index contributed by atoms with van der Waals surface area (Å²) in [6.45, 7) is 5.47. The van der Waals surface area contributed by atoms with E-state index in [1.54, 1.807) is 20.8 Å². The topological polar surface area (TPSA) is 100 Å². The summed E-state index contributed by atoms with van der Waals surface area (Å²) < 4.78 is 0. The summed E-state index contributed by atoms with van der Waals surface area (Å²) >= 11 is 0. The van der Waals surface area contributed by atoms with Gasteiger partial charge in [0.1, 0.15) is 12.6 Å². The highest BCUT2D eigenvalue weighted by atomic mass is 16.7. The minimum Gasteiger partial charge on any atom is -0.396 e. The van der Waals surface area contributed by atoms with Crippen molar-refractivity contribution < 1.29 is 24.4 Å². The fourth-order valence-corrected chi connectivity index (χ4v) is 2.34. The molecule has 3 N–H and O–H groups in total. The molecule has 138 valence electrons. The van der Waals surface area contributed by atoms with Crippen molar-refractivity contribution in [2.45, 2.75) is 51.5 Å². The number of nitrogens with zero attached hydrogens (tertiary/aromatic N) is 1. The number of hydrogen-bond donors (Lipinski definition) is 3. The second-order valence-electron chi connectivity index (χ2n) is 6.77. The quantitative estimate of drug-likeness (QED) is 0.505. The van der Waals surface area contributed by atoms with Gasteiger partial charge in [-0.1, -0.05) is 30.3 Å². The summed E-state index contributed by atoms with van der Waals surface area (Å²) in [7, 11) is 0. The lowest BCUT2D eigenvalue weighted by Crippen LogP contribution is -2.71. The first-order valence-corrected chi connectivity index (χ1v) is 8.17. The fourth-order valence-electron chi connectivity index (χ4n) is 2.34. The van der Waals surface area contributed by atoms with Crippen LogP contribution in [0.15, 0.2) is 30.3 Å². The van der Waals surface area contributed by atoms with Crippen molar-refractivity contribution in [2.24, 2.45) is 0 Å². The van der Waals surface area contributed by atoms with Gasteiger partial charge >= 0.3 is 6.03 Å². The molecule has 1 aromatic carbocycles. The first kappa shape index (κ1) is 19.2. The van der Waals surface area contributed by atoms with Crippen molar-refractivity contribution in [3.05, 3.63) is 35.9 Å². The Balaban J connectivity index is 1.87. The summed E-state index contributed by atoms with van der Waals surface area (Å²) in [4.78, 5) is 34.8. The second-order valence-corrected chi connectivity index (χ2v) is 6.77. The average molecular weight is 351 g/mol. The van der Waals surface area contributed by atoms with Crippen molar-refractivity contribution in [1.82, 2.24) is 15.9 Å². The number of hydroxylamine groups is 3. The van der Waals surface area contributed by atoms with Gasteiger partial charge in [-0.05, 0) is 32.8 Å². The average Bonchev–Trinajstić information content (AvgIpc) is 2.57. The molecular weight excluding hydrogens is 326 g/mol. The molecule has 0 spiro atoms. The van der Waals surface area contributed by atoms with Gasteiger partial charge in [0.05, 0.1) is 11.6 Å². The van der Waals surface area contributed by atoms with Gasteiger partial charge in [0.25, 0.3) is 5.91 Å². The van der Waals surface area contributed by atoms with Gasteiger partial charge < -0.3 is 10.4 Å². The maximum atomic E-state index is 12.2. The third-order valence-electron chi connectivity index (χ3n) is 3.54. The monoisotopic (exact) mass is 351 g/mol. The molecule has 8 heteroatoms. The molecule has 1 saturated heterocycles. The lowest BCUT2D eigenvalue weighted by Gasteiger charge is -2.45. The van der Waals surface area contributed by atoms with E-state index in [2.05, 4.69) is 10.8 Å². The molecule has 3 amide bonds. The third-order valence-corrected chi connectivity index (χ3v) is 3.54. The van der Waals surface area contributed by atoms with E-state index in [0.29, 0.717) is 6.42 Å². The van der Waals surface area contributed by atoms with Gasteiger partial charge in [-0.3, -0.25) is 14.5 Å². The molecule has 25 heavy (non-hydrogen) atoms. The van der Waals surface area contributed by atoms with E-state index in [9.17, 15) is 14.7 Å². The van der Waals surface area contributed by atoms with Crippen LogP contribution in [0.5, 0.6) is 0 Å². The maximum Gasteiger partial charge on any atom is 0.339 e. The van der Waals surface area contributed by atoms with Crippen LogP contribution in [0.2, 0.25) is 0 Å². The van der Waals surface area contributed by atoms with Crippen molar-refractivity contribution in [3.8, 4) is 0 Å². The molecule has 2 unspecified atom stereocenters. The van der Waals surface area contributed by atoms with Crippen LogP contribution in [0.1, 0.15) is 32.8 Å². The molecule has 1 aliphatic heterocycles. The predicted molar refractivity (Wildman–Crippen MR) is 89.9 cm³/mol. The number of benzene rings is 1. The zero-order valence-electron chi connectivity index (χ0n) is 14.7. The number of β-lactam (4-membered cyclic amide) rings is 1. The zero-order valence-corrected chi connectivity index (χ0v) is 14.7. The molecule has 0 aliphatic carbocycles. The van der Waals surface area contributed by atoms with Crippen molar-refractivity contribution >= 4 is 11.9 Å². The Morgan fingerprint density at radius 1 is 1.28 bits per heavy atom. The molecule has 0 radical (unpaired) electrons. The highest BCUT2D eigenvalue weighted by Gasteiger charge is 2.49. The Bertz CT molecular complexity index is 588. The zero-order chi connectivity index (χ0) is 18.4. The van der Waals surface area contributed by atoms with Crippen LogP contribution in [-0.4, -0.2) is 46.4 Å².